The monoisotopic (exact) mass is 405 g/mol. The van der Waals surface area contributed by atoms with Gasteiger partial charge in [0.1, 0.15) is 0 Å². The Bertz CT molecular complexity index is 849. The van der Waals surface area contributed by atoms with E-state index in [0.29, 0.717) is 17.9 Å². The Morgan fingerprint density at radius 2 is 1.47 bits per heavy atom. The molecule has 0 atom stereocenters. The Hall–Kier alpha value is -3.06. The number of hydrogen-bond acceptors (Lipinski definition) is 3. The predicted molar refractivity (Wildman–Crippen MR) is 122 cm³/mol. The van der Waals surface area contributed by atoms with Crippen LogP contribution < -0.4 is 5.32 Å². The number of terminal acetylenes is 1. The summed E-state index contributed by atoms with van der Waals surface area (Å²) in [5, 5.41) is 2.79. The van der Waals surface area contributed by atoms with E-state index in [4.69, 9.17) is 11.2 Å². The number of nitrogens with one attached hydrogen (secondary N) is 1. The van der Waals surface area contributed by atoms with Crippen LogP contribution in [0.2, 0.25) is 0 Å². The maximum Gasteiger partial charge on any atom is 0.338 e. The zero-order chi connectivity index (χ0) is 21.6. The zero-order valence-electron chi connectivity index (χ0n) is 17.8. The van der Waals surface area contributed by atoms with Crippen LogP contribution in [0.4, 0.5) is 5.69 Å². The summed E-state index contributed by atoms with van der Waals surface area (Å²) >= 11 is 0. The standard InChI is InChI=1S/C26H31NO3/c1-3-5-6-7-8-9-10-13-20-30-26(29)24-15-12-11-14-23(24)25(28)27-22-18-16-21(4-2)17-19-22/h2,11-12,14-19H,3,5-10,13,20H2,1H3,(H,27,28). The van der Waals surface area contributed by atoms with Gasteiger partial charge in [-0.15, -0.1) is 6.42 Å². The Morgan fingerprint density at radius 3 is 2.10 bits per heavy atom. The van der Waals surface area contributed by atoms with E-state index in [1.165, 1.54) is 38.5 Å². The molecule has 158 valence electrons. The predicted octanol–water partition coefficient (Wildman–Crippen LogP) is 6.22. The molecule has 0 aliphatic carbocycles. The van der Waals surface area contributed by atoms with E-state index in [1.54, 1.807) is 48.5 Å². The lowest BCUT2D eigenvalue weighted by Crippen LogP contribution is -2.18. The van der Waals surface area contributed by atoms with Gasteiger partial charge in [0.05, 0.1) is 17.7 Å². The molecular weight excluding hydrogens is 374 g/mol. The highest BCUT2D eigenvalue weighted by Gasteiger charge is 2.17. The molecule has 0 radical (unpaired) electrons. The largest absolute Gasteiger partial charge is 0.462 e. The minimum atomic E-state index is -0.466. The molecule has 0 spiro atoms. The SMILES string of the molecule is C#Cc1ccc(NC(=O)c2ccccc2C(=O)OCCCCCCCCCC)cc1. The number of carbonyl (C=O) groups excluding carboxylic acids is 2. The lowest BCUT2D eigenvalue weighted by atomic mass is 10.1. The number of benzene rings is 2. The molecular formula is C26H31NO3. The van der Waals surface area contributed by atoms with Crippen LogP contribution in [0, 0.1) is 12.3 Å². The van der Waals surface area contributed by atoms with E-state index in [2.05, 4.69) is 18.2 Å². The van der Waals surface area contributed by atoms with E-state index < -0.39 is 5.97 Å². The highest BCUT2D eigenvalue weighted by Crippen LogP contribution is 2.15. The second kappa shape index (κ2) is 13.2. The van der Waals surface area contributed by atoms with Crippen molar-refractivity contribution in [3.8, 4) is 12.3 Å². The van der Waals surface area contributed by atoms with Crippen molar-refractivity contribution < 1.29 is 14.3 Å². The second-order valence-electron chi connectivity index (χ2n) is 7.33. The third-order valence-electron chi connectivity index (χ3n) is 4.93. The van der Waals surface area contributed by atoms with Gasteiger partial charge in [-0.2, -0.15) is 0 Å². The summed E-state index contributed by atoms with van der Waals surface area (Å²) in [5.41, 5.74) is 1.91. The van der Waals surface area contributed by atoms with Crippen LogP contribution >= 0.6 is 0 Å². The molecule has 2 aromatic rings. The summed E-state index contributed by atoms with van der Waals surface area (Å²) in [6.07, 6.45) is 14.8. The Labute approximate surface area is 180 Å². The van der Waals surface area contributed by atoms with Gasteiger partial charge in [-0.3, -0.25) is 4.79 Å². The first-order chi connectivity index (χ1) is 14.7. The number of carbonyl (C=O) groups is 2. The average Bonchev–Trinajstić information content (AvgIpc) is 2.78. The molecule has 1 amide bonds. The molecule has 0 saturated carbocycles. The number of amides is 1. The number of esters is 1. The third-order valence-corrected chi connectivity index (χ3v) is 4.93. The lowest BCUT2D eigenvalue weighted by molar-refractivity contribution is 0.0495. The Balaban J connectivity index is 1.82. The molecule has 4 heteroatoms. The number of unbranched alkanes of at least 4 members (excludes halogenated alkanes) is 7. The normalized spacial score (nSPS) is 10.3. The minimum absolute atomic E-state index is 0.273. The molecule has 2 aromatic carbocycles. The molecule has 0 aliphatic rings. The fraction of sp³-hybridized carbons (Fsp3) is 0.385. The van der Waals surface area contributed by atoms with E-state index in [0.717, 1.165) is 18.4 Å². The van der Waals surface area contributed by atoms with Gasteiger partial charge in [-0.1, -0.05) is 69.9 Å². The fourth-order valence-corrected chi connectivity index (χ4v) is 3.19. The molecule has 2 rings (SSSR count). The molecule has 30 heavy (non-hydrogen) atoms. The molecule has 4 nitrogen and oxygen atoms in total. The first kappa shape index (κ1) is 23.2. The van der Waals surface area contributed by atoms with Crippen molar-refractivity contribution >= 4 is 17.6 Å². The molecule has 0 heterocycles. The van der Waals surface area contributed by atoms with Crippen molar-refractivity contribution in [1.82, 2.24) is 0 Å². The van der Waals surface area contributed by atoms with Gasteiger partial charge in [0.25, 0.3) is 5.91 Å². The maximum atomic E-state index is 12.7. The highest BCUT2D eigenvalue weighted by molar-refractivity contribution is 6.11. The van der Waals surface area contributed by atoms with Crippen LogP contribution in [0.1, 0.15) is 84.6 Å². The molecule has 0 saturated heterocycles. The van der Waals surface area contributed by atoms with Gasteiger partial charge < -0.3 is 10.1 Å². The van der Waals surface area contributed by atoms with Crippen LogP contribution in [0.5, 0.6) is 0 Å². The van der Waals surface area contributed by atoms with Gasteiger partial charge in [-0.05, 0) is 42.8 Å². The maximum absolute atomic E-state index is 12.7. The van der Waals surface area contributed by atoms with Gasteiger partial charge >= 0.3 is 5.97 Å². The first-order valence-electron chi connectivity index (χ1n) is 10.8. The molecule has 0 fully saturated rings. The van der Waals surface area contributed by atoms with Gasteiger partial charge in [0, 0.05) is 11.3 Å². The Morgan fingerprint density at radius 1 is 0.867 bits per heavy atom. The van der Waals surface area contributed by atoms with Crippen molar-refractivity contribution in [3.63, 3.8) is 0 Å². The van der Waals surface area contributed by atoms with Crippen LogP contribution in [0.3, 0.4) is 0 Å². The van der Waals surface area contributed by atoms with Crippen molar-refractivity contribution in [1.29, 1.82) is 0 Å². The molecule has 0 unspecified atom stereocenters. The smallest absolute Gasteiger partial charge is 0.338 e. The van der Waals surface area contributed by atoms with Gasteiger partial charge in [0.15, 0.2) is 0 Å². The number of rotatable bonds is 12. The van der Waals surface area contributed by atoms with Crippen LogP contribution in [0.15, 0.2) is 48.5 Å². The quantitative estimate of drug-likeness (QED) is 0.259. The zero-order valence-corrected chi connectivity index (χ0v) is 17.8. The third kappa shape index (κ3) is 7.75. The number of anilines is 1. The van der Waals surface area contributed by atoms with Crippen molar-refractivity contribution in [2.24, 2.45) is 0 Å². The van der Waals surface area contributed by atoms with Crippen molar-refractivity contribution in [2.45, 2.75) is 58.3 Å². The van der Waals surface area contributed by atoms with Gasteiger partial charge in [0.2, 0.25) is 0 Å². The van der Waals surface area contributed by atoms with Crippen LogP contribution in [0.25, 0.3) is 0 Å². The highest BCUT2D eigenvalue weighted by atomic mass is 16.5. The summed E-state index contributed by atoms with van der Waals surface area (Å²) in [7, 11) is 0. The van der Waals surface area contributed by atoms with E-state index in [1.807, 2.05) is 0 Å². The molecule has 0 aromatic heterocycles. The number of hydrogen-bond donors (Lipinski definition) is 1. The lowest BCUT2D eigenvalue weighted by Gasteiger charge is -2.10. The summed E-state index contributed by atoms with van der Waals surface area (Å²) in [5.74, 6) is 1.71. The topological polar surface area (TPSA) is 55.4 Å². The summed E-state index contributed by atoms with van der Waals surface area (Å²) in [4.78, 5) is 25.1. The van der Waals surface area contributed by atoms with Crippen molar-refractivity contribution in [3.05, 3.63) is 65.2 Å². The molecule has 0 bridgehead atoms. The molecule has 1 N–H and O–H groups in total. The van der Waals surface area contributed by atoms with E-state index >= 15 is 0 Å². The number of ether oxygens (including phenoxy) is 1. The minimum Gasteiger partial charge on any atom is -0.462 e. The van der Waals surface area contributed by atoms with Crippen LogP contribution in [-0.2, 0) is 4.74 Å². The summed E-state index contributed by atoms with van der Waals surface area (Å²) in [6.45, 7) is 2.59. The summed E-state index contributed by atoms with van der Waals surface area (Å²) < 4.78 is 5.40. The van der Waals surface area contributed by atoms with Gasteiger partial charge in [-0.25, -0.2) is 4.79 Å². The average molecular weight is 406 g/mol. The van der Waals surface area contributed by atoms with E-state index in [9.17, 15) is 9.59 Å². The van der Waals surface area contributed by atoms with Crippen LogP contribution in [-0.4, -0.2) is 18.5 Å². The Kier molecular flexibility index (Phi) is 10.2. The summed E-state index contributed by atoms with van der Waals surface area (Å²) in [6, 6.07) is 13.7. The fourth-order valence-electron chi connectivity index (χ4n) is 3.19. The van der Waals surface area contributed by atoms with Crippen molar-refractivity contribution in [2.75, 3.05) is 11.9 Å². The second-order valence-corrected chi connectivity index (χ2v) is 7.33. The van der Waals surface area contributed by atoms with E-state index in [-0.39, 0.29) is 11.5 Å². The molecule has 0 aliphatic heterocycles. The first-order valence-corrected chi connectivity index (χ1v) is 10.8.